The van der Waals surface area contributed by atoms with Gasteiger partial charge in [-0.3, -0.25) is 9.78 Å². The van der Waals surface area contributed by atoms with Crippen molar-refractivity contribution < 1.29 is 23.8 Å². The molecule has 0 amide bonds. The zero-order valence-electron chi connectivity index (χ0n) is 18.4. The summed E-state index contributed by atoms with van der Waals surface area (Å²) < 4.78 is 24.8. The first-order valence-corrected chi connectivity index (χ1v) is 10.9. The summed E-state index contributed by atoms with van der Waals surface area (Å²) in [5.41, 5.74) is 3.11. The fraction of sp³-hybridized carbons (Fsp3) is 0.208. The van der Waals surface area contributed by atoms with Crippen molar-refractivity contribution in [1.29, 1.82) is 0 Å². The molecule has 1 aromatic carbocycles. The Morgan fingerprint density at radius 1 is 1.06 bits per heavy atom. The largest absolute Gasteiger partial charge is 0.481 e. The number of aromatic nitrogens is 5. The molecule has 0 saturated carbocycles. The lowest BCUT2D eigenvalue weighted by atomic mass is 10.1. The third-order valence-corrected chi connectivity index (χ3v) is 5.38. The van der Waals surface area contributed by atoms with E-state index in [9.17, 15) is 9.18 Å². The highest BCUT2D eigenvalue weighted by atomic mass is 19.1. The number of pyridine rings is 1. The molecule has 1 aliphatic rings. The Hall–Kier alpha value is -4.22. The maximum absolute atomic E-state index is 13.6. The molecule has 3 aromatic heterocycles. The number of H-pyrrole nitrogens is 1. The topological polar surface area (TPSA) is 135 Å². The molecule has 0 radical (unpaired) electrons. The van der Waals surface area contributed by atoms with Crippen LogP contribution >= 0.6 is 0 Å². The highest BCUT2D eigenvalue weighted by molar-refractivity contribution is 5.77. The predicted molar refractivity (Wildman–Crippen MR) is 122 cm³/mol. The third kappa shape index (κ3) is 5.15. The molecule has 5 rings (SSSR count). The second kappa shape index (κ2) is 9.95. The van der Waals surface area contributed by atoms with E-state index in [0.29, 0.717) is 41.0 Å². The Balaban J connectivity index is 1.45. The zero-order chi connectivity index (χ0) is 24.2. The summed E-state index contributed by atoms with van der Waals surface area (Å²) in [6, 6.07) is 13.3. The number of aliphatic carboxylic acids is 1. The Kier molecular flexibility index (Phi) is 6.42. The van der Waals surface area contributed by atoms with Gasteiger partial charge in [0.25, 0.3) is 0 Å². The van der Waals surface area contributed by atoms with Crippen molar-refractivity contribution in [2.75, 3.05) is 18.5 Å². The minimum Gasteiger partial charge on any atom is -0.481 e. The van der Waals surface area contributed by atoms with Gasteiger partial charge in [0.2, 0.25) is 12.2 Å². The number of anilines is 1. The van der Waals surface area contributed by atoms with Gasteiger partial charge in [0, 0.05) is 18.0 Å². The molecular weight excluding hydrogens is 455 g/mol. The molecule has 178 valence electrons. The average Bonchev–Trinajstić information content (AvgIpc) is 3.34. The second-order valence-corrected chi connectivity index (χ2v) is 7.83. The van der Waals surface area contributed by atoms with Crippen LogP contribution in [0.5, 0.6) is 0 Å². The summed E-state index contributed by atoms with van der Waals surface area (Å²) in [4.78, 5) is 32.2. The van der Waals surface area contributed by atoms with Crippen LogP contribution in [0.25, 0.3) is 22.6 Å². The van der Waals surface area contributed by atoms with Crippen molar-refractivity contribution in [3.8, 4) is 22.6 Å². The number of ether oxygens (including phenoxy) is 2. The molecule has 4 aromatic rings. The number of carboxylic acid groups (broad SMARTS) is 1. The van der Waals surface area contributed by atoms with Crippen molar-refractivity contribution in [2.24, 2.45) is 5.92 Å². The first-order valence-electron chi connectivity index (χ1n) is 10.9. The SMILES string of the molecule is O=C(O)C1COC(c2nc(-c3ccc(F)cc3)c(-c3ccnc(NCc4ccccn4)n3)[nH]2)OC1. The number of hydrogen-bond donors (Lipinski definition) is 3. The van der Waals surface area contributed by atoms with E-state index in [0.717, 1.165) is 5.69 Å². The van der Waals surface area contributed by atoms with Crippen LogP contribution in [0.2, 0.25) is 0 Å². The first kappa shape index (κ1) is 22.6. The smallest absolute Gasteiger partial charge is 0.311 e. The summed E-state index contributed by atoms with van der Waals surface area (Å²) in [6.07, 6.45) is 2.45. The number of carbonyl (C=O) groups is 1. The molecule has 11 heteroatoms. The molecule has 0 bridgehead atoms. The number of carboxylic acids is 1. The molecule has 1 saturated heterocycles. The average molecular weight is 476 g/mol. The summed E-state index contributed by atoms with van der Waals surface area (Å²) in [7, 11) is 0. The van der Waals surface area contributed by atoms with Crippen LogP contribution in [0.15, 0.2) is 60.9 Å². The van der Waals surface area contributed by atoms with Crippen molar-refractivity contribution in [3.05, 3.63) is 78.3 Å². The Labute approximate surface area is 199 Å². The number of aromatic amines is 1. The van der Waals surface area contributed by atoms with Crippen LogP contribution in [0, 0.1) is 11.7 Å². The Bertz CT molecular complexity index is 1310. The minimum absolute atomic E-state index is 0.00296. The van der Waals surface area contributed by atoms with Gasteiger partial charge in [-0.25, -0.2) is 19.3 Å². The van der Waals surface area contributed by atoms with Gasteiger partial charge in [-0.1, -0.05) is 6.07 Å². The van der Waals surface area contributed by atoms with E-state index in [1.54, 1.807) is 30.6 Å². The maximum Gasteiger partial charge on any atom is 0.311 e. The van der Waals surface area contributed by atoms with E-state index in [1.165, 1.54) is 12.1 Å². The first-order chi connectivity index (χ1) is 17.1. The summed E-state index contributed by atoms with van der Waals surface area (Å²) in [5.74, 6) is -1.35. The van der Waals surface area contributed by atoms with Crippen molar-refractivity contribution >= 4 is 11.9 Å². The van der Waals surface area contributed by atoms with Gasteiger partial charge in [0.05, 0.1) is 42.5 Å². The van der Waals surface area contributed by atoms with Gasteiger partial charge in [0.15, 0.2) is 5.82 Å². The molecule has 0 aliphatic carbocycles. The van der Waals surface area contributed by atoms with E-state index in [-0.39, 0.29) is 19.0 Å². The summed E-state index contributed by atoms with van der Waals surface area (Å²) in [5, 5.41) is 12.3. The van der Waals surface area contributed by atoms with Crippen LogP contribution in [0.4, 0.5) is 10.3 Å². The molecular formula is C24H21FN6O4. The quantitative estimate of drug-likeness (QED) is 0.367. The normalized spacial score (nSPS) is 17.7. The van der Waals surface area contributed by atoms with Gasteiger partial charge < -0.3 is 24.9 Å². The third-order valence-electron chi connectivity index (χ3n) is 5.38. The van der Waals surface area contributed by atoms with E-state index in [2.05, 4.69) is 30.2 Å². The molecule has 0 unspecified atom stereocenters. The molecule has 10 nitrogen and oxygen atoms in total. The highest BCUT2D eigenvalue weighted by Gasteiger charge is 2.31. The molecule has 3 N–H and O–H groups in total. The lowest BCUT2D eigenvalue weighted by Crippen LogP contribution is -2.32. The van der Waals surface area contributed by atoms with Crippen LogP contribution in [-0.4, -0.2) is 49.2 Å². The Morgan fingerprint density at radius 3 is 2.57 bits per heavy atom. The number of rotatable bonds is 7. The molecule has 1 fully saturated rings. The van der Waals surface area contributed by atoms with Crippen LogP contribution < -0.4 is 5.32 Å². The van der Waals surface area contributed by atoms with Crippen molar-refractivity contribution in [1.82, 2.24) is 24.9 Å². The monoisotopic (exact) mass is 476 g/mol. The van der Waals surface area contributed by atoms with E-state index < -0.39 is 18.2 Å². The fourth-order valence-corrected chi connectivity index (χ4v) is 3.56. The number of nitrogens with zero attached hydrogens (tertiary/aromatic N) is 4. The predicted octanol–water partition coefficient (Wildman–Crippen LogP) is 3.43. The number of benzene rings is 1. The Morgan fingerprint density at radius 2 is 1.86 bits per heavy atom. The van der Waals surface area contributed by atoms with Crippen molar-refractivity contribution in [2.45, 2.75) is 12.8 Å². The van der Waals surface area contributed by atoms with E-state index in [4.69, 9.17) is 14.6 Å². The summed E-state index contributed by atoms with van der Waals surface area (Å²) in [6.45, 7) is 0.436. The fourth-order valence-electron chi connectivity index (χ4n) is 3.56. The molecule has 0 atom stereocenters. The lowest BCUT2D eigenvalue weighted by Gasteiger charge is -2.25. The second-order valence-electron chi connectivity index (χ2n) is 7.83. The van der Waals surface area contributed by atoms with Gasteiger partial charge >= 0.3 is 5.97 Å². The number of halogens is 1. The van der Waals surface area contributed by atoms with Gasteiger partial charge in [-0.2, -0.15) is 0 Å². The van der Waals surface area contributed by atoms with Crippen LogP contribution in [0.1, 0.15) is 17.8 Å². The summed E-state index contributed by atoms with van der Waals surface area (Å²) >= 11 is 0. The van der Waals surface area contributed by atoms with E-state index in [1.807, 2.05) is 18.2 Å². The number of nitrogens with one attached hydrogen (secondary N) is 2. The van der Waals surface area contributed by atoms with Crippen LogP contribution in [-0.2, 0) is 20.8 Å². The highest BCUT2D eigenvalue weighted by Crippen LogP contribution is 2.33. The van der Waals surface area contributed by atoms with E-state index >= 15 is 0 Å². The molecule has 0 spiro atoms. The van der Waals surface area contributed by atoms with Gasteiger partial charge in [0.1, 0.15) is 11.7 Å². The number of hydrogen-bond acceptors (Lipinski definition) is 8. The maximum atomic E-state index is 13.6. The molecule has 35 heavy (non-hydrogen) atoms. The van der Waals surface area contributed by atoms with Gasteiger partial charge in [-0.15, -0.1) is 0 Å². The molecule has 1 aliphatic heterocycles. The number of imidazole rings is 1. The minimum atomic E-state index is -0.984. The zero-order valence-corrected chi connectivity index (χ0v) is 18.4. The molecule has 4 heterocycles. The lowest BCUT2D eigenvalue weighted by molar-refractivity contribution is -0.214. The standard InChI is InChI=1S/C24H21FN6O4/c25-16-6-4-14(5-7-16)19-20(31-21(30-19)23-34-12-15(13-35-23)22(32)33)18-8-10-27-24(29-18)28-11-17-3-1-2-9-26-17/h1-10,15,23H,11-13H2,(H,30,31)(H,32,33)(H,27,28,29). The van der Waals surface area contributed by atoms with Gasteiger partial charge in [-0.05, 0) is 42.5 Å². The van der Waals surface area contributed by atoms with Crippen molar-refractivity contribution in [3.63, 3.8) is 0 Å². The van der Waals surface area contributed by atoms with Crippen LogP contribution in [0.3, 0.4) is 0 Å².